The van der Waals surface area contributed by atoms with Gasteiger partial charge in [0.2, 0.25) is 0 Å². The molecule has 0 atom stereocenters. The van der Waals surface area contributed by atoms with E-state index in [2.05, 4.69) is 21.7 Å². The summed E-state index contributed by atoms with van der Waals surface area (Å²) in [6, 6.07) is 13.4. The van der Waals surface area contributed by atoms with Crippen molar-refractivity contribution >= 4 is 33.3 Å². The molecular formula is C18H21ClN4O2S. The lowest BCUT2D eigenvalue weighted by molar-refractivity contribution is 0.345. The summed E-state index contributed by atoms with van der Waals surface area (Å²) in [6.07, 6.45) is 3.34. The molecule has 1 fully saturated rings. The SMILES string of the molecule is CS(=O)(=O)c1ccc(-c2ccc3c(c2)nnn3C2CCNCC2)cc1.Cl. The number of sulfone groups is 1. The third kappa shape index (κ3) is 3.60. The maximum atomic E-state index is 11.6. The van der Waals surface area contributed by atoms with Crippen LogP contribution >= 0.6 is 12.4 Å². The molecule has 3 aromatic rings. The topological polar surface area (TPSA) is 76.9 Å². The molecule has 1 aliphatic rings. The molecule has 0 spiro atoms. The Kier molecular flexibility index (Phi) is 5.32. The number of hydrogen-bond acceptors (Lipinski definition) is 5. The Labute approximate surface area is 158 Å². The summed E-state index contributed by atoms with van der Waals surface area (Å²) >= 11 is 0. The third-order valence-corrected chi connectivity index (χ3v) is 5.87. The van der Waals surface area contributed by atoms with E-state index >= 15 is 0 Å². The molecule has 1 aliphatic heterocycles. The van der Waals surface area contributed by atoms with Gasteiger partial charge in [-0.15, -0.1) is 17.5 Å². The molecule has 0 aliphatic carbocycles. The van der Waals surface area contributed by atoms with E-state index in [0.29, 0.717) is 10.9 Å². The van der Waals surface area contributed by atoms with Crippen molar-refractivity contribution in [2.75, 3.05) is 19.3 Å². The van der Waals surface area contributed by atoms with Crippen molar-refractivity contribution in [3.05, 3.63) is 42.5 Å². The number of benzene rings is 2. The van der Waals surface area contributed by atoms with Crippen LogP contribution in [-0.2, 0) is 9.84 Å². The van der Waals surface area contributed by atoms with Crippen LogP contribution in [0.1, 0.15) is 18.9 Å². The molecule has 2 aromatic carbocycles. The first kappa shape index (κ1) is 18.8. The van der Waals surface area contributed by atoms with Crippen LogP contribution in [0.2, 0.25) is 0 Å². The highest BCUT2D eigenvalue weighted by atomic mass is 35.5. The lowest BCUT2D eigenvalue weighted by Crippen LogP contribution is -2.29. The van der Waals surface area contributed by atoms with Crippen LogP contribution in [0.4, 0.5) is 0 Å². The van der Waals surface area contributed by atoms with Gasteiger partial charge in [-0.3, -0.25) is 0 Å². The van der Waals surface area contributed by atoms with Crippen LogP contribution in [0.3, 0.4) is 0 Å². The molecule has 26 heavy (non-hydrogen) atoms. The van der Waals surface area contributed by atoms with Crippen molar-refractivity contribution in [3.8, 4) is 11.1 Å². The van der Waals surface area contributed by atoms with Gasteiger partial charge in [0.25, 0.3) is 0 Å². The second-order valence-corrected chi connectivity index (χ2v) is 8.53. The maximum Gasteiger partial charge on any atom is 0.175 e. The molecule has 1 N–H and O–H groups in total. The average molecular weight is 393 g/mol. The molecule has 1 aromatic heterocycles. The van der Waals surface area contributed by atoms with Gasteiger partial charge in [0, 0.05) is 6.26 Å². The van der Waals surface area contributed by atoms with Gasteiger partial charge in [-0.25, -0.2) is 13.1 Å². The summed E-state index contributed by atoms with van der Waals surface area (Å²) < 4.78 is 25.2. The van der Waals surface area contributed by atoms with Crippen molar-refractivity contribution in [2.45, 2.75) is 23.8 Å². The van der Waals surface area contributed by atoms with E-state index in [9.17, 15) is 8.42 Å². The monoisotopic (exact) mass is 392 g/mol. The second-order valence-electron chi connectivity index (χ2n) is 6.52. The molecule has 0 unspecified atom stereocenters. The summed E-state index contributed by atoms with van der Waals surface area (Å²) in [5.41, 5.74) is 3.88. The predicted molar refractivity (Wildman–Crippen MR) is 104 cm³/mol. The van der Waals surface area contributed by atoms with E-state index < -0.39 is 9.84 Å². The first-order chi connectivity index (χ1) is 12.0. The molecule has 8 heteroatoms. The summed E-state index contributed by atoms with van der Waals surface area (Å²) in [5, 5.41) is 12.1. The summed E-state index contributed by atoms with van der Waals surface area (Å²) in [5.74, 6) is 0. The number of nitrogens with zero attached hydrogens (tertiary/aromatic N) is 3. The molecule has 4 rings (SSSR count). The van der Waals surface area contributed by atoms with E-state index in [1.807, 2.05) is 28.9 Å². The third-order valence-electron chi connectivity index (χ3n) is 4.74. The van der Waals surface area contributed by atoms with Crippen molar-refractivity contribution in [2.24, 2.45) is 0 Å². The minimum Gasteiger partial charge on any atom is -0.317 e. The van der Waals surface area contributed by atoms with E-state index in [1.165, 1.54) is 6.26 Å². The first-order valence-corrected chi connectivity index (χ1v) is 10.3. The van der Waals surface area contributed by atoms with Gasteiger partial charge in [-0.2, -0.15) is 0 Å². The lowest BCUT2D eigenvalue weighted by Gasteiger charge is -2.22. The zero-order valence-electron chi connectivity index (χ0n) is 14.4. The average Bonchev–Trinajstić information content (AvgIpc) is 3.05. The van der Waals surface area contributed by atoms with Crippen LogP contribution in [0, 0.1) is 0 Å². The summed E-state index contributed by atoms with van der Waals surface area (Å²) in [4.78, 5) is 0.328. The van der Waals surface area contributed by atoms with Crippen molar-refractivity contribution in [1.29, 1.82) is 0 Å². The fraction of sp³-hybridized carbons (Fsp3) is 0.333. The molecule has 0 radical (unpaired) electrons. The first-order valence-electron chi connectivity index (χ1n) is 8.38. The van der Waals surface area contributed by atoms with Gasteiger partial charge < -0.3 is 5.32 Å². The Bertz CT molecular complexity index is 1010. The fourth-order valence-corrected chi connectivity index (χ4v) is 3.97. The molecule has 1 saturated heterocycles. The lowest BCUT2D eigenvalue weighted by atomic mass is 10.0. The van der Waals surface area contributed by atoms with Crippen molar-refractivity contribution in [1.82, 2.24) is 20.3 Å². The number of piperidine rings is 1. The van der Waals surface area contributed by atoms with Crippen LogP contribution in [0.15, 0.2) is 47.4 Å². The zero-order valence-corrected chi connectivity index (χ0v) is 16.1. The molecule has 138 valence electrons. The van der Waals surface area contributed by atoms with E-state index in [4.69, 9.17) is 0 Å². The van der Waals surface area contributed by atoms with Crippen LogP contribution in [0.25, 0.3) is 22.2 Å². The van der Waals surface area contributed by atoms with Crippen LogP contribution in [0.5, 0.6) is 0 Å². The van der Waals surface area contributed by atoms with E-state index in [0.717, 1.165) is 48.1 Å². The second kappa shape index (κ2) is 7.34. The van der Waals surface area contributed by atoms with Gasteiger partial charge in [0.05, 0.1) is 16.5 Å². The van der Waals surface area contributed by atoms with Crippen LogP contribution < -0.4 is 5.32 Å². The van der Waals surface area contributed by atoms with Gasteiger partial charge in [0.1, 0.15) is 5.52 Å². The number of nitrogens with one attached hydrogen (secondary N) is 1. The summed E-state index contributed by atoms with van der Waals surface area (Å²) in [6.45, 7) is 2.02. The van der Waals surface area contributed by atoms with Crippen molar-refractivity contribution < 1.29 is 8.42 Å². The molecule has 0 bridgehead atoms. The van der Waals surface area contributed by atoms with Gasteiger partial charge in [0.15, 0.2) is 9.84 Å². The summed E-state index contributed by atoms with van der Waals surface area (Å²) in [7, 11) is -3.18. The molecule has 0 saturated carbocycles. The predicted octanol–water partition coefficient (Wildman–Crippen LogP) is 2.85. The molecular weight excluding hydrogens is 372 g/mol. The Morgan fingerprint density at radius 1 is 1.04 bits per heavy atom. The molecule has 6 nitrogen and oxygen atoms in total. The van der Waals surface area contributed by atoms with Crippen molar-refractivity contribution in [3.63, 3.8) is 0 Å². The van der Waals surface area contributed by atoms with Crippen LogP contribution in [-0.4, -0.2) is 42.8 Å². The molecule has 0 amide bonds. The Balaban J connectivity index is 0.00000196. The van der Waals surface area contributed by atoms with E-state index in [-0.39, 0.29) is 12.4 Å². The number of hydrogen-bond donors (Lipinski definition) is 1. The van der Waals surface area contributed by atoms with Gasteiger partial charge in [-0.1, -0.05) is 23.4 Å². The largest absolute Gasteiger partial charge is 0.317 e. The maximum absolute atomic E-state index is 11.6. The highest BCUT2D eigenvalue weighted by Gasteiger charge is 2.18. The number of aromatic nitrogens is 3. The number of rotatable bonds is 3. The molecule has 2 heterocycles. The van der Waals surface area contributed by atoms with Gasteiger partial charge in [-0.05, 0) is 61.3 Å². The smallest absolute Gasteiger partial charge is 0.175 e. The normalized spacial score (nSPS) is 15.7. The quantitative estimate of drug-likeness (QED) is 0.741. The Morgan fingerprint density at radius 2 is 1.69 bits per heavy atom. The number of halogens is 1. The standard InChI is InChI=1S/C18H20N4O2S.ClH/c1-25(23,24)16-5-2-13(3-6-16)14-4-7-18-17(12-14)20-21-22(18)15-8-10-19-11-9-15;/h2-7,12,15,19H,8-11H2,1H3;1H. The zero-order chi connectivity index (χ0) is 17.4. The number of fused-ring (bicyclic) bond motifs is 1. The highest BCUT2D eigenvalue weighted by Crippen LogP contribution is 2.27. The fourth-order valence-electron chi connectivity index (χ4n) is 3.34. The Morgan fingerprint density at radius 3 is 2.35 bits per heavy atom. The van der Waals surface area contributed by atoms with Gasteiger partial charge >= 0.3 is 0 Å². The highest BCUT2D eigenvalue weighted by molar-refractivity contribution is 7.90. The van der Waals surface area contributed by atoms with E-state index in [1.54, 1.807) is 12.1 Å². The Hall–Kier alpha value is -1.96. The minimum absolute atomic E-state index is 0. The minimum atomic E-state index is -3.18.